The highest BCUT2D eigenvalue weighted by molar-refractivity contribution is 7.99. The van der Waals surface area contributed by atoms with Gasteiger partial charge in [-0.15, -0.1) is 6.42 Å². The van der Waals surface area contributed by atoms with Crippen LogP contribution in [0.4, 0.5) is 0 Å². The Hall–Kier alpha value is -0.460. The highest BCUT2D eigenvalue weighted by Crippen LogP contribution is 2.12. The van der Waals surface area contributed by atoms with E-state index in [0.717, 1.165) is 5.75 Å². The van der Waals surface area contributed by atoms with E-state index < -0.39 is 0 Å². The Morgan fingerprint density at radius 1 is 1.80 bits per heavy atom. The normalized spacial score (nSPS) is 25.3. The van der Waals surface area contributed by atoms with Gasteiger partial charge < -0.3 is 4.74 Å². The molecule has 0 radical (unpaired) electrons. The third kappa shape index (κ3) is 1.76. The van der Waals surface area contributed by atoms with Crippen LogP contribution in [0.15, 0.2) is 0 Å². The Bertz CT molecular complexity index is 165. The average Bonchev–Trinajstić information content (AvgIpc) is 2.05. The van der Waals surface area contributed by atoms with Crippen LogP contribution in [0.25, 0.3) is 0 Å². The Balaban J connectivity index is 2.40. The zero-order valence-electron chi connectivity index (χ0n) is 5.50. The van der Waals surface area contributed by atoms with Crippen LogP contribution in [0, 0.1) is 12.3 Å². The average molecular weight is 156 g/mol. The summed E-state index contributed by atoms with van der Waals surface area (Å²) in [4.78, 5) is 10.8. The van der Waals surface area contributed by atoms with E-state index in [-0.39, 0.29) is 11.9 Å². The summed E-state index contributed by atoms with van der Waals surface area (Å²) >= 11 is 1.71. The minimum absolute atomic E-state index is 0.229. The van der Waals surface area contributed by atoms with Gasteiger partial charge in [0.15, 0.2) is 0 Å². The summed E-state index contributed by atoms with van der Waals surface area (Å²) in [6.45, 7) is 0.642. The number of carbonyl (C=O) groups excluding carboxylic acids is 1. The van der Waals surface area contributed by atoms with Crippen LogP contribution in [0.2, 0.25) is 0 Å². The van der Waals surface area contributed by atoms with Crippen molar-refractivity contribution in [2.45, 2.75) is 6.10 Å². The van der Waals surface area contributed by atoms with Crippen LogP contribution in [-0.2, 0) is 9.53 Å². The Kier molecular flexibility index (Phi) is 2.79. The predicted octanol–water partition coefficient (Wildman–Crippen LogP) is 0.321. The molecule has 0 amide bonds. The first-order valence-corrected chi connectivity index (χ1v) is 4.20. The van der Waals surface area contributed by atoms with Crippen molar-refractivity contribution in [3.8, 4) is 12.3 Å². The molecule has 1 aliphatic rings. The molecule has 0 saturated carbocycles. The lowest BCUT2D eigenvalue weighted by molar-refractivity contribution is -0.123. The lowest BCUT2D eigenvalue weighted by Gasteiger charge is -2.18. The molecule has 0 N–H and O–H groups in total. The summed E-state index contributed by atoms with van der Waals surface area (Å²) in [5.41, 5.74) is 0. The minimum Gasteiger partial charge on any atom is -0.368 e. The molecule has 0 aromatic rings. The molecule has 0 aromatic carbocycles. The van der Waals surface area contributed by atoms with Gasteiger partial charge in [-0.25, -0.2) is 0 Å². The fourth-order valence-electron chi connectivity index (χ4n) is 0.732. The van der Waals surface area contributed by atoms with E-state index in [0.29, 0.717) is 12.4 Å². The summed E-state index contributed by atoms with van der Waals surface area (Å²) in [6, 6.07) is 0. The summed E-state index contributed by atoms with van der Waals surface area (Å²) in [5, 5.41) is 0. The summed E-state index contributed by atoms with van der Waals surface area (Å²) in [7, 11) is 0. The van der Waals surface area contributed by atoms with Crippen molar-refractivity contribution in [3.05, 3.63) is 0 Å². The molecule has 1 aliphatic heterocycles. The van der Waals surface area contributed by atoms with E-state index in [1.165, 1.54) is 0 Å². The van der Waals surface area contributed by atoms with E-state index in [9.17, 15) is 4.79 Å². The van der Waals surface area contributed by atoms with Gasteiger partial charge in [-0.1, -0.05) is 0 Å². The molecule has 10 heavy (non-hydrogen) atoms. The van der Waals surface area contributed by atoms with E-state index in [1.807, 2.05) is 0 Å². The van der Waals surface area contributed by atoms with Crippen molar-refractivity contribution in [2.24, 2.45) is 0 Å². The van der Waals surface area contributed by atoms with Crippen LogP contribution in [-0.4, -0.2) is 30.0 Å². The highest BCUT2D eigenvalue weighted by Gasteiger charge is 2.19. The SMILES string of the molecule is C#CC(=O)C1CSCCO1. The molecule has 3 heteroatoms. The van der Waals surface area contributed by atoms with Crippen LogP contribution < -0.4 is 0 Å². The second kappa shape index (κ2) is 3.65. The predicted molar refractivity (Wildman–Crippen MR) is 40.9 cm³/mol. The van der Waals surface area contributed by atoms with Crippen LogP contribution in [0.5, 0.6) is 0 Å². The first-order valence-electron chi connectivity index (χ1n) is 3.04. The molecule has 0 aliphatic carbocycles. The molecule has 1 saturated heterocycles. The smallest absolute Gasteiger partial charge is 0.234 e. The van der Waals surface area contributed by atoms with Gasteiger partial charge in [0, 0.05) is 11.5 Å². The zero-order chi connectivity index (χ0) is 7.40. The highest BCUT2D eigenvalue weighted by atomic mass is 32.2. The number of ketones is 1. The molecule has 0 bridgehead atoms. The Labute approximate surface area is 64.3 Å². The van der Waals surface area contributed by atoms with E-state index >= 15 is 0 Å². The second-order valence-electron chi connectivity index (χ2n) is 1.94. The van der Waals surface area contributed by atoms with E-state index in [4.69, 9.17) is 11.2 Å². The first-order chi connectivity index (χ1) is 4.84. The molecule has 1 fully saturated rings. The third-order valence-electron chi connectivity index (χ3n) is 1.25. The second-order valence-corrected chi connectivity index (χ2v) is 3.09. The molecule has 1 atom stereocenters. The van der Waals surface area contributed by atoms with Crippen molar-refractivity contribution in [2.75, 3.05) is 18.1 Å². The summed E-state index contributed by atoms with van der Waals surface area (Å²) in [5.74, 6) is 3.51. The van der Waals surface area contributed by atoms with Gasteiger partial charge in [0.1, 0.15) is 6.10 Å². The summed E-state index contributed by atoms with van der Waals surface area (Å²) < 4.78 is 5.12. The Morgan fingerprint density at radius 2 is 2.60 bits per heavy atom. The molecular formula is C7H8O2S. The van der Waals surface area contributed by atoms with Gasteiger partial charge in [-0.3, -0.25) is 4.79 Å². The number of hydrogen-bond acceptors (Lipinski definition) is 3. The van der Waals surface area contributed by atoms with Gasteiger partial charge in [-0.2, -0.15) is 11.8 Å². The number of rotatable bonds is 1. The number of carbonyl (C=O) groups is 1. The fourth-order valence-corrected chi connectivity index (χ4v) is 1.57. The molecular weight excluding hydrogens is 148 g/mol. The van der Waals surface area contributed by atoms with Gasteiger partial charge in [0.2, 0.25) is 5.78 Å². The van der Waals surface area contributed by atoms with E-state index in [2.05, 4.69) is 5.92 Å². The van der Waals surface area contributed by atoms with Crippen LogP contribution in [0.1, 0.15) is 0 Å². The molecule has 0 spiro atoms. The lowest BCUT2D eigenvalue weighted by atomic mass is 10.3. The van der Waals surface area contributed by atoms with Crippen molar-refractivity contribution < 1.29 is 9.53 Å². The number of ether oxygens (including phenoxy) is 1. The van der Waals surface area contributed by atoms with Gasteiger partial charge in [-0.05, 0) is 5.92 Å². The summed E-state index contributed by atoms with van der Waals surface area (Å²) in [6.07, 6.45) is 4.57. The topological polar surface area (TPSA) is 26.3 Å². The minimum atomic E-state index is -0.344. The molecule has 1 unspecified atom stereocenters. The quantitative estimate of drug-likeness (QED) is 0.404. The molecule has 0 aromatic heterocycles. The molecule has 1 heterocycles. The van der Waals surface area contributed by atoms with Crippen molar-refractivity contribution in [1.82, 2.24) is 0 Å². The van der Waals surface area contributed by atoms with E-state index in [1.54, 1.807) is 11.8 Å². The Morgan fingerprint density at radius 3 is 3.10 bits per heavy atom. The first kappa shape index (κ1) is 7.64. The number of Topliss-reactive ketones (excluding diaryl/α,β-unsaturated/α-hetero) is 1. The number of thioether (sulfide) groups is 1. The van der Waals surface area contributed by atoms with Gasteiger partial charge in [0.05, 0.1) is 6.61 Å². The van der Waals surface area contributed by atoms with Gasteiger partial charge in [0.25, 0.3) is 0 Å². The van der Waals surface area contributed by atoms with Crippen molar-refractivity contribution >= 4 is 17.5 Å². The number of hydrogen-bond donors (Lipinski definition) is 0. The maximum Gasteiger partial charge on any atom is 0.234 e. The molecule has 54 valence electrons. The monoisotopic (exact) mass is 156 g/mol. The van der Waals surface area contributed by atoms with Gasteiger partial charge >= 0.3 is 0 Å². The fraction of sp³-hybridized carbons (Fsp3) is 0.571. The largest absolute Gasteiger partial charge is 0.368 e. The lowest BCUT2D eigenvalue weighted by Crippen LogP contribution is -2.30. The van der Waals surface area contributed by atoms with Crippen LogP contribution in [0.3, 0.4) is 0 Å². The van der Waals surface area contributed by atoms with Crippen LogP contribution >= 0.6 is 11.8 Å². The van der Waals surface area contributed by atoms with Crippen molar-refractivity contribution in [3.63, 3.8) is 0 Å². The number of terminal acetylenes is 1. The zero-order valence-corrected chi connectivity index (χ0v) is 6.32. The van der Waals surface area contributed by atoms with Crippen molar-refractivity contribution in [1.29, 1.82) is 0 Å². The standard InChI is InChI=1S/C7H8O2S/c1-2-6(8)7-5-10-4-3-9-7/h1,7H,3-5H2. The molecule has 1 rings (SSSR count). The third-order valence-corrected chi connectivity index (χ3v) is 2.24. The maximum absolute atomic E-state index is 10.8. The molecule has 2 nitrogen and oxygen atoms in total. The maximum atomic E-state index is 10.8.